The van der Waals surface area contributed by atoms with Crippen molar-refractivity contribution >= 4 is 49.4 Å². The molecule has 0 aromatic carbocycles. The molecule has 1 heterocycles. The van der Waals surface area contributed by atoms with Crippen LogP contribution in [0.25, 0.3) is 0 Å². The van der Waals surface area contributed by atoms with E-state index < -0.39 is 4.83 Å². The number of nitrogens with zero attached hydrogens (tertiary/aromatic N) is 1. The number of hydrogen-bond donors (Lipinski definition) is 0. The van der Waals surface area contributed by atoms with Gasteiger partial charge in [-0.05, 0) is 24.6 Å². The van der Waals surface area contributed by atoms with Gasteiger partial charge >= 0.3 is 5.97 Å². The van der Waals surface area contributed by atoms with Gasteiger partial charge in [-0.1, -0.05) is 43.5 Å². The topological polar surface area (TPSA) is 39.2 Å². The molecular weight excluding hydrogens is 361 g/mol. The summed E-state index contributed by atoms with van der Waals surface area (Å²) in [5, 5.41) is 0.394. The SMILES string of the molecule is CCOC(=O)[C@H](Br)[C@H](Br)c1ccnc(Cl)c1. The summed E-state index contributed by atoms with van der Waals surface area (Å²) in [5.41, 5.74) is 0.870. The molecule has 16 heavy (non-hydrogen) atoms. The lowest BCUT2D eigenvalue weighted by atomic mass is 10.1. The summed E-state index contributed by atoms with van der Waals surface area (Å²) in [7, 11) is 0. The van der Waals surface area contributed by atoms with Gasteiger partial charge in [-0.15, -0.1) is 0 Å². The van der Waals surface area contributed by atoms with E-state index in [9.17, 15) is 4.79 Å². The number of rotatable bonds is 4. The quantitative estimate of drug-likeness (QED) is 0.462. The predicted molar refractivity (Wildman–Crippen MR) is 70.3 cm³/mol. The first-order valence-corrected chi connectivity index (χ1v) is 6.83. The molecule has 1 aromatic rings. The lowest BCUT2D eigenvalue weighted by molar-refractivity contribution is -0.142. The minimum absolute atomic E-state index is 0.202. The van der Waals surface area contributed by atoms with E-state index in [-0.39, 0.29) is 10.8 Å². The highest BCUT2D eigenvalue weighted by molar-refractivity contribution is 9.12. The van der Waals surface area contributed by atoms with Crippen LogP contribution in [-0.2, 0) is 9.53 Å². The van der Waals surface area contributed by atoms with Crippen LogP contribution in [0.4, 0.5) is 0 Å². The number of ether oxygens (including phenoxy) is 1. The fourth-order valence-corrected chi connectivity index (χ4v) is 2.22. The Morgan fingerprint density at radius 3 is 2.88 bits per heavy atom. The molecule has 0 saturated heterocycles. The molecule has 0 spiro atoms. The highest BCUT2D eigenvalue weighted by Gasteiger charge is 2.26. The van der Waals surface area contributed by atoms with Gasteiger partial charge in [0.25, 0.3) is 0 Å². The van der Waals surface area contributed by atoms with Crippen LogP contribution in [0.15, 0.2) is 18.3 Å². The number of hydrogen-bond acceptors (Lipinski definition) is 3. The van der Waals surface area contributed by atoms with E-state index in [0.29, 0.717) is 11.8 Å². The molecule has 0 bridgehead atoms. The number of esters is 1. The molecule has 0 amide bonds. The van der Waals surface area contributed by atoms with Gasteiger partial charge < -0.3 is 4.74 Å². The number of aromatic nitrogens is 1. The lowest BCUT2D eigenvalue weighted by Gasteiger charge is -2.15. The smallest absolute Gasteiger partial charge is 0.321 e. The van der Waals surface area contributed by atoms with Crippen molar-refractivity contribution < 1.29 is 9.53 Å². The number of carbonyl (C=O) groups is 1. The molecule has 0 aliphatic heterocycles. The maximum absolute atomic E-state index is 11.5. The van der Waals surface area contributed by atoms with Crippen LogP contribution >= 0.6 is 43.5 Å². The van der Waals surface area contributed by atoms with Gasteiger partial charge in [-0.25, -0.2) is 4.98 Å². The molecule has 88 valence electrons. The molecule has 0 saturated carbocycles. The second kappa shape index (κ2) is 6.57. The molecular formula is C10H10Br2ClNO2. The van der Waals surface area contributed by atoms with E-state index in [1.54, 1.807) is 25.3 Å². The van der Waals surface area contributed by atoms with Gasteiger partial charge in [0.15, 0.2) is 0 Å². The van der Waals surface area contributed by atoms with E-state index in [1.165, 1.54) is 0 Å². The Morgan fingerprint density at radius 2 is 2.31 bits per heavy atom. The highest BCUT2D eigenvalue weighted by Crippen LogP contribution is 2.32. The summed E-state index contributed by atoms with van der Waals surface area (Å²) >= 11 is 12.5. The van der Waals surface area contributed by atoms with Gasteiger partial charge in [0, 0.05) is 6.20 Å². The van der Waals surface area contributed by atoms with Crippen LogP contribution < -0.4 is 0 Å². The highest BCUT2D eigenvalue weighted by atomic mass is 79.9. The minimum Gasteiger partial charge on any atom is -0.465 e. The zero-order chi connectivity index (χ0) is 12.1. The van der Waals surface area contributed by atoms with Crippen molar-refractivity contribution in [1.82, 2.24) is 4.98 Å². The molecule has 0 radical (unpaired) electrons. The molecule has 1 rings (SSSR count). The van der Waals surface area contributed by atoms with Gasteiger partial charge in [0.2, 0.25) is 0 Å². The summed E-state index contributed by atoms with van der Waals surface area (Å²) in [6, 6.07) is 3.49. The van der Waals surface area contributed by atoms with Gasteiger partial charge in [-0.2, -0.15) is 0 Å². The number of carbonyl (C=O) groups excluding carboxylic acids is 1. The minimum atomic E-state index is -0.453. The van der Waals surface area contributed by atoms with Gasteiger partial charge in [0.1, 0.15) is 9.98 Å². The van der Waals surface area contributed by atoms with Gasteiger partial charge in [0.05, 0.1) is 11.4 Å². The fraction of sp³-hybridized carbons (Fsp3) is 0.400. The van der Waals surface area contributed by atoms with E-state index >= 15 is 0 Å². The first kappa shape index (κ1) is 13.9. The van der Waals surface area contributed by atoms with Crippen molar-refractivity contribution in [1.29, 1.82) is 0 Å². The molecule has 0 N–H and O–H groups in total. The van der Waals surface area contributed by atoms with Crippen LogP contribution in [0.5, 0.6) is 0 Å². The maximum atomic E-state index is 11.5. The lowest BCUT2D eigenvalue weighted by Crippen LogP contribution is -2.21. The van der Waals surface area contributed by atoms with E-state index in [0.717, 1.165) is 5.56 Å². The predicted octanol–water partition coefficient (Wildman–Crippen LogP) is 3.50. The van der Waals surface area contributed by atoms with Crippen molar-refractivity contribution in [3.8, 4) is 0 Å². The molecule has 1 aromatic heterocycles. The van der Waals surface area contributed by atoms with Crippen LogP contribution in [0.2, 0.25) is 5.15 Å². The Kier molecular flexibility index (Phi) is 5.72. The van der Waals surface area contributed by atoms with Crippen LogP contribution in [-0.4, -0.2) is 22.4 Å². The maximum Gasteiger partial charge on any atom is 0.321 e. The molecule has 0 aliphatic rings. The van der Waals surface area contributed by atoms with Crippen LogP contribution in [0.1, 0.15) is 17.3 Å². The molecule has 6 heteroatoms. The zero-order valence-electron chi connectivity index (χ0n) is 8.49. The van der Waals surface area contributed by atoms with Crippen molar-refractivity contribution in [3.63, 3.8) is 0 Å². The van der Waals surface area contributed by atoms with Crippen molar-refractivity contribution in [2.45, 2.75) is 16.6 Å². The number of pyridine rings is 1. The molecule has 2 atom stereocenters. The summed E-state index contributed by atoms with van der Waals surface area (Å²) in [5.74, 6) is -0.308. The standard InChI is InChI=1S/C10H10Br2ClNO2/c1-2-16-10(15)9(12)8(11)6-3-4-14-7(13)5-6/h3-5,8-9H,2H2,1H3/t8-,9-/m1/s1. The first-order valence-electron chi connectivity index (χ1n) is 4.62. The third-order valence-corrected chi connectivity index (χ3v) is 4.71. The largest absolute Gasteiger partial charge is 0.465 e. The second-order valence-corrected chi connectivity index (χ2v) is 5.33. The number of halogens is 3. The molecule has 0 unspecified atom stereocenters. The van der Waals surface area contributed by atoms with E-state index in [4.69, 9.17) is 16.3 Å². The van der Waals surface area contributed by atoms with E-state index in [2.05, 4.69) is 36.8 Å². The Hall–Kier alpha value is -0.130. The zero-order valence-corrected chi connectivity index (χ0v) is 12.4. The molecule has 3 nitrogen and oxygen atoms in total. The summed E-state index contributed by atoms with van der Waals surface area (Å²) in [4.78, 5) is 14.7. The third kappa shape index (κ3) is 3.71. The van der Waals surface area contributed by atoms with Crippen LogP contribution in [0, 0.1) is 0 Å². The summed E-state index contributed by atoms with van der Waals surface area (Å²) in [6.45, 7) is 2.13. The number of alkyl halides is 2. The summed E-state index contributed by atoms with van der Waals surface area (Å²) in [6.07, 6.45) is 1.59. The van der Waals surface area contributed by atoms with Crippen molar-refractivity contribution in [2.75, 3.05) is 6.61 Å². The Bertz CT molecular complexity index is 376. The van der Waals surface area contributed by atoms with Crippen LogP contribution in [0.3, 0.4) is 0 Å². The average Bonchev–Trinajstić information content (AvgIpc) is 2.27. The normalized spacial score (nSPS) is 14.2. The van der Waals surface area contributed by atoms with Gasteiger partial charge in [-0.3, -0.25) is 4.79 Å². The molecule has 0 aliphatic carbocycles. The molecule has 0 fully saturated rings. The third-order valence-electron chi connectivity index (χ3n) is 1.84. The average molecular weight is 371 g/mol. The van der Waals surface area contributed by atoms with Crippen molar-refractivity contribution in [2.24, 2.45) is 0 Å². The Labute approximate surface area is 116 Å². The first-order chi connectivity index (χ1) is 7.56. The van der Waals surface area contributed by atoms with Crippen molar-refractivity contribution in [3.05, 3.63) is 29.0 Å². The summed E-state index contributed by atoms with van der Waals surface area (Å²) < 4.78 is 4.91. The monoisotopic (exact) mass is 369 g/mol. The second-order valence-electron chi connectivity index (χ2n) is 2.97. The Morgan fingerprint density at radius 1 is 1.62 bits per heavy atom. The Balaban J connectivity index is 2.77. The van der Waals surface area contributed by atoms with E-state index in [1.807, 2.05) is 0 Å². The fourth-order valence-electron chi connectivity index (χ4n) is 1.10.